The standard InChI is InChI=1S/C24H22N4O2/c1-16-6-8-20(9-7-16)28-24(30)19-12-18(13-25-14-19)23(29)26-11-10-17-15-27-22-5-3-2-4-21(17)22/h2-9,12-15,27H,10-11H2,1H3,(H,26,29)(H,28,30). The minimum atomic E-state index is -0.306. The Kier molecular flexibility index (Phi) is 5.57. The highest BCUT2D eigenvalue weighted by Crippen LogP contribution is 2.17. The van der Waals surface area contributed by atoms with Crippen molar-refractivity contribution in [2.24, 2.45) is 0 Å². The first kappa shape index (κ1) is 19.4. The van der Waals surface area contributed by atoms with Gasteiger partial charge in [-0.3, -0.25) is 14.6 Å². The Morgan fingerprint density at radius 1 is 0.967 bits per heavy atom. The van der Waals surface area contributed by atoms with Crippen LogP contribution in [0.25, 0.3) is 10.9 Å². The third kappa shape index (κ3) is 4.38. The Labute approximate surface area is 174 Å². The number of pyridine rings is 1. The molecule has 0 aliphatic rings. The Morgan fingerprint density at radius 2 is 1.70 bits per heavy atom. The van der Waals surface area contributed by atoms with E-state index in [-0.39, 0.29) is 11.8 Å². The molecule has 6 heteroatoms. The number of amides is 2. The van der Waals surface area contributed by atoms with E-state index in [1.807, 2.05) is 55.6 Å². The highest BCUT2D eigenvalue weighted by Gasteiger charge is 2.12. The van der Waals surface area contributed by atoms with Gasteiger partial charge in [0.25, 0.3) is 11.8 Å². The smallest absolute Gasteiger partial charge is 0.257 e. The van der Waals surface area contributed by atoms with E-state index in [4.69, 9.17) is 0 Å². The lowest BCUT2D eigenvalue weighted by atomic mass is 10.1. The fraction of sp³-hybridized carbons (Fsp3) is 0.125. The third-order valence-electron chi connectivity index (χ3n) is 4.93. The van der Waals surface area contributed by atoms with E-state index in [0.717, 1.165) is 22.0 Å². The molecule has 2 aromatic heterocycles. The summed E-state index contributed by atoms with van der Waals surface area (Å²) in [6.07, 6.45) is 5.58. The number of carbonyl (C=O) groups excluding carboxylic acids is 2. The molecule has 0 unspecified atom stereocenters. The van der Waals surface area contributed by atoms with Gasteiger partial charge in [-0.1, -0.05) is 35.9 Å². The normalized spacial score (nSPS) is 10.7. The van der Waals surface area contributed by atoms with Crippen molar-refractivity contribution in [1.29, 1.82) is 0 Å². The molecule has 0 saturated heterocycles. The van der Waals surface area contributed by atoms with Crippen LogP contribution in [-0.4, -0.2) is 28.3 Å². The van der Waals surface area contributed by atoms with Gasteiger partial charge in [-0.15, -0.1) is 0 Å². The Bertz CT molecular complexity index is 1200. The predicted molar refractivity (Wildman–Crippen MR) is 118 cm³/mol. The van der Waals surface area contributed by atoms with Crippen LogP contribution in [0.2, 0.25) is 0 Å². The number of benzene rings is 2. The quantitative estimate of drug-likeness (QED) is 0.457. The van der Waals surface area contributed by atoms with Crippen molar-refractivity contribution in [3.05, 3.63) is 95.4 Å². The predicted octanol–water partition coefficient (Wildman–Crippen LogP) is 4.10. The molecule has 2 amide bonds. The van der Waals surface area contributed by atoms with E-state index in [0.29, 0.717) is 29.8 Å². The summed E-state index contributed by atoms with van der Waals surface area (Å²) >= 11 is 0. The zero-order valence-corrected chi connectivity index (χ0v) is 16.6. The summed E-state index contributed by atoms with van der Waals surface area (Å²) in [6, 6.07) is 17.1. The average molecular weight is 398 g/mol. The zero-order chi connectivity index (χ0) is 20.9. The molecule has 0 fully saturated rings. The molecular formula is C24H22N4O2. The van der Waals surface area contributed by atoms with E-state index in [9.17, 15) is 9.59 Å². The Hall–Kier alpha value is -3.93. The lowest BCUT2D eigenvalue weighted by Gasteiger charge is -2.08. The molecule has 3 N–H and O–H groups in total. The number of aromatic amines is 1. The fourth-order valence-electron chi connectivity index (χ4n) is 3.28. The van der Waals surface area contributed by atoms with Crippen molar-refractivity contribution in [3.63, 3.8) is 0 Å². The second-order valence-corrected chi connectivity index (χ2v) is 7.15. The van der Waals surface area contributed by atoms with Gasteiger partial charge >= 0.3 is 0 Å². The van der Waals surface area contributed by atoms with Gasteiger partial charge in [-0.05, 0) is 43.2 Å². The van der Waals surface area contributed by atoms with Gasteiger partial charge in [0, 0.05) is 41.7 Å². The summed E-state index contributed by atoms with van der Waals surface area (Å²) in [5.74, 6) is -0.563. The number of rotatable bonds is 6. The first-order valence-corrected chi connectivity index (χ1v) is 9.76. The maximum Gasteiger partial charge on any atom is 0.257 e. The summed E-state index contributed by atoms with van der Waals surface area (Å²) < 4.78 is 0. The Balaban J connectivity index is 1.37. The number of carbonyl (C=O) groups is 2. The number of fused-ring (bicyclic) bond motifs is 1. The maximum atomic E-state index is 12.5. The molecule has 0 spiro atoms. The van der Waals surface area contributed by atoms with Gasteiger partial charge in [0.15, 0.2) is 0 Å². The van der Waals surface area contributed by atoms with Crippen molar-refractivity contribution in [1.82, 2.24) is 15.3 Å². The maximum absolute atomic E-state index is 12.5. The second-order valence-electron chi connectivity index (χ2n) is 7.15. The molecule has 0 aliphatic carbocycles. The molecule has 0 aliphatic heterocycles. The number of H-pyrrole nitrogens is 1. The van der Waals surface area contributed by atoms with Crippen LogP contribution in [0.15, 0.2) is 73.2 Å². The number of hydrogen-bond acceptors (Lipinski definition) is 3. The van der Waals surface area contributed by atoms with E-state index in [1.165, 1.54) is 12.4 Å². The molecule has 150 valence electrons. The van der Waals surface area contributed by atoms with Crippen LogP contribution < -0.4 is 10.6 Å². The van der Waals surface area contributed by atoms with E-state index in [1.54, 1.807) is 6.07 Å². The molecule has 4 rings (SSSR count). The highest BCUT2D eigenvalue weighted by atomic mass is 16.2. The number of aryl methyl sites for hydroxylation is 1. The molecule has 0 bridgehead atoms. The summed E-state index contributed by atoms with van der Waals surface area (Å²) in [6.45, 7) is 2.47. The number of nitrogens with zero attached hydrogens (tertiary/aromatic N) is 1. The van der Waals surface area contributed by atoms with Crippen molar-refractivity contribution in [2.75, 3.05) is 11.9 Å². The van der Waals surface area contributed by atoms with E-state index in [2.05, 4.69) is 26.7 Å². The monoisotopic (exact) mass is 398 g/mol. The molecule has 0 saturated carbocycles. The average Bonchev–Trinajstić information content (AvgIpc) is 3.18. The van der Waals surface area contributed by atoms with Crippen molar-refractivity contribution < 1.29 is 9.59 Å². The fourth-order valence-corrected chi connectivity index (χ4v) is 3.28. The molecule has 2 aromatic carbocycles. The van der Waals surface area contributed by atoms with Gasteiger partial charge in [-0.25, -0.2) is 0 Å². The highest BCUT2D eigenvalue weighted by molar-refractivity contribution is 6.05. The lowest BCUT2D eigenvalue weighted by Crippen LogP contribution is -2.26. The van der Waals surface area contributed by atoms with Gasteiger partial charge in [-0.2, -0.15) is 0 Å². The number of anilines is 1. The molecule has 0 radical (unpaired) electrons. The summed E-state index contributed by atoms with van der Waals surface area (Å²) in [7, 11) is 0. The number of nitrogens with one attached hydrogen (secondary N) is 3. The van der Waals surface area contributed by atoms with Crippen LogP contribution in [0, 0.1) is 6.92 Å². The van der Waals surface area contributed by atoms with Gasteiger partial charge < -0.3 is 15.6 Å². The molecule has 2 heterocycles. The topological polar surface area (TPSA) is 86.9 Å². The van der Waals surface area contributed by atoms with Crippen LogP contribution in [0.4, 0.5) is 5.69 Å². The van der Waals surface area contributed by atoms with Gasteiger partial charge in [0.2, 0.25) is 0 Å². The van der Waals surface area contributed by atoms with Crippen molar-refractivity contribution >= 4 is 28.4 Å². The first-order valence-electron chi connectivity index (χ1n) is 9.76. The molecular weight excluding hydrogens is 376 g/mol. The number of para-hydroxylation sites is 1. The minimum Gasteiger partial charge on any atom is -0.361 e. The van der Waals surface area contributed by atoms with Crippen LogP contribution in [-0.2, 0) is 6.42 Å². The van der Waals surface area contributed by atoms with Crippen molar-refractivity contribution in [3.8, 4) is 0 Å². The van der Waals surface area contributed by atoms with Crippen molar-refractivity contribution in [2.45, 2.75) is 13.3 Å². The van der Waals surface area contributed by atoms with Crippen LogP contribution >= 0.6 is 0 Å². The lowest BCUT2D eigenvalue weighted by molar-refractivity contribution is 0.0954. The zero-order valence-electron chi connectivity index (χ0n) is 16.6. The minimum absolute atomic E-state index is 0.257. The molecule has 4 aromatic rings. The van der Waals surface area contributed by atoms with E-state index >= 15 is 0 Å². The summed E-state index contributed by atoms with van der Waals surface area (Å²) in [5, 5.41) is 6.87. The third-order valence-corrected chi connectivity index (χ3v) is 4.93. The van der Waals surface area contributed by atoms with E-state index < -0.39 is 0 Å². The largest absolute Gasteiger partial charge is 0.361 e. The van der Waals surface area contributed by atoms with Gasteiger partial charge in [0.1, 0.15) is 0 Å². The van der Waals surface area contributed by atoms with Crippen LogP contribution in [0.1, 0.15) is 31.8 Å². The van der Waals surface area contributed by atoms with Crippen LogP contribution in [0.3, 0.4) is 0 Å². The number of aromatic nitrogens is 2. The summed E-state index contributed by atoms with van der Waals surface area (Å²) in [4.78, 5) is 32.3. The molecule has 30 heavy (non-hydrogen) atoms. The Morgan fingerprint density at radius 3 is 2.50 bits per heavy atom. The molecule has 6 nitrogen and oxygen atoms in total. The van der Waals surface area contributed by atoms with Gasteiger partial charge in [0.05, 0.1) is 11.1 Å². The SMILES string of the molecule is Cc1ccc(NC(=O)c2cncc(C(=O)NCCc3c[nH]c4ccccc34)c2)cc1. The molecule has 0 atom stereocenters. The second kappa shape index (κ2) is 8.61. The summed E-state index contributed by atoms with van der Waals surface area (Å²) in [5.41, 5.74) is 4.72. The van der Waals surface area contributed by atoms with Crippen LogP contribution in [0.5, 0.6) is 0 Å². The first-order chi connectivity index (χ1) is 14.6. The number of hydrogen-bond donors (Lipinski definition) is 3.